The number of esters is 1. The van der Waals surface area contributed by atoms with Crippen LogP contribution in [0, 0.1) is 0 Å². The fourth-order valence-electron chi connectivity index (χ4n) is 2.03. The summed E-state index contributed by atoms with van der Waals surface area (Å²) in [7, 11) is 1.19. The summed E-state index contributed by atoms with van der Waals surface area (Å²) in [6.45, 7) is 1.44. The molecule has 1 atom stereocenters. The van der Waals surface area contributed by atoms with Gasteiger partial charge in [-0.3, -0.25) is 9.59 Å². The molecular weight excluding hydrogens is 318 g/mol. The quantitative estimate of drug-likeness (QED) is 0.634. The van der Waals surface area contributed by atoms with Crippen LogP contribution in [-0.4, -0.2) is 30.1 Å². The van der Waals surface area contributed by atoms with Gasteiger partial charge in [-0.1, -0.05) is 0 Å². The van der Waals surface area contributed by atoms with E-state index >= 15 is 0 Å². The molecule has 1 aromatic rings. The van der Waals surface area contributed by atoms with E-state index in [0.717, 1.165) is 0 Å². The predicted molar refractivity (Wildman–Crippen MR) is 69.1 cm³/mol. The number of amides is 1. The highest BCUT2D eigenvalue weighted by atomic mass is 79.9. The second kappa shape index (κ2) is 4.34. The van der Waals surface area contributed by atoms with Crippen LogP contribution < -0.4 is 5.32 Å². The Balaban J connectivity index is 2.66. The number of halogens is 1. The van der Waals surface area contributed by atoms with Crippen molar-refractivity contribution in [3.05, 3.63) is 27.7 Å². The summed E-state index contributed by atoms with van der Waals surface area (Å²) in [4.78, 5) is 34.8. The topological polar surface area (TPSA) is 92.7 Å². The molecule has 1 aromatic carbocycles. The van der Waals surface area contributed by atoms with Crippen LogP contribution in [0.5, 0.6) is 0 Å². The van der Waals surface area contributed by atoms with E-state index in [1.165, 1.54) is 26.2 Å². The van der Waals surface area contributed by atoms with Crippen LogP contribution in [0.4, 0.5) is 5.69 Å². The van der Waals surface area contributed by atoms with Gasteiger partial charge in [0, 0.05) is 15.7 Å². The van der Waals surface area contributed by atoms with Gasteiger partial charge >= 0.3 is 11.9 Å². The van der Waals surface area contributed by atoms with E-state index in [2.05, 4.69) is 26.0 Å². The maximum absolute atomic E-state index is 12.0. The van der Waals surface area contributed by atoms with Crippen LogP contribution in [0.25, 0.3) is 0 Å². The second-order valence-corrected chi connectivity index (χ2v) is 5.11. The Hall–Kier alpha value is -1.89. The van der Waals surface area contributed by atoms with E-state index in [-0.39, 0.29) is 5.56 Å². The minimum atomic E-state index is -1.47. The van der Waals surface area contributed by atoms with Gasteiger partial charge in [-0.25, -0.2) is 4.79 Å². The molecule has 7 heteroatoms. The van der Waals surface area contributed by atoms with Crippen molar-refractivity contribution in [1.29, 1.82) is 0 Å². The van der Waals surface area contributed by atoms with Crippen molar-refractivity contribution >= 4 is 39.5 Å². The van der Waals surface area contributed by atoms with Crippen LogP contribution in [0.1, 0.15) is 22.8 Å². The van der Waals surface area contributed by atoms with E-state index in [9.17, 15) is 14.4 Å². The van der Waals surface area contributed by atoms with Crippen molar-refractivity contribution in [3.63, 3.8) is 0 Å². The van der Waals surface area contributed by atoms with Gasteiger partial charge in [-0.05, 0) is 35.0 Å². The van der Waals surface area contributed by atoms with Gasteiger partial charge < -0.3 is 15.2 Å². The molecule has 0 aromatic heterocycles. The molecule has 1 heterocycles. The van der Waals surface area contributed by atoms with Gasteiger partial charge in [0.05, 0.1) is 12.7 Å². The average molecular weight is 328 g/mol. The Labute approximate surface area is 116 Å². The lowest BCUT2D eigenvalue weighted by molar-refractivity contribution is -0.150. The molecule has 1 aliphatic heterocycles. The molecule has 1 aliphatic rings. The third-order valence-corrected chi connectivity index (χ3v) is 3.83. The number of methoxy groups -OCH3 is 1. The molecule has 2 N–H and O–H groups in total. The number of carboxylic acids is 1. The Morgan fingerprint density at radius 2 is 2.05 bits per heavy atom. The summed E-state index contributed by atoms with van der Waals surface area (Å²) >= 11 is 3.12. The highest BCUT2D eigenvalue weighted by molar-refractivity contribution is 9.10. The van der Waals surface area contributed by atoms with Gasteiger partial charge in [0.15, 0.2) is 5.41 Å². The molecule has 0 radical (unpaired) electrons. The normalized spacial score (nSPS) is 20.7. The highest BCUT2D eigenvalue weighted by Gasteiger charge is 2.50. The van der Waals surface area contributed by atoms with E-state index in [0.29, 0.717) is 15.7 Å². The van der Waals surface area contributed by atoms with Crippen molar-refractivity contribution in [1.82, 2.24) is 0 Å². The fourth-order valence-corrected chi connectivity index (χ4v) is 2.54. The molecule has 0 bridgehead atoms. The van der Waals surface area contributed by atoms with Gasteiger partial charge in [-0.15, -0.1) is 0 Å². The largest absolute Gasteiger partial charge is 0.478 e. The molecular formula is C12H10BrNO5. The molecule has 0 spiro atoms. The number of rotatable bonds is 2. The molecule has 19 heavy (non-hydrogen) atoms. The van der Waals surface area contributed by atoms with Gasteiger partial charge in [0.2, 0.25) is 5.91 Å². The zero-order valence-corrected chi connectivity index (χ0v) is 11.7. The standard InChI is InChI=1S/C12H10BrNO5/c1-12(11(18)19-2)6-4-7(13)5(9(15)16)3-8(6)14-10(12)17/h3-4H,1-2H3,(H,14,17)(H,15,16). The molecule has 0 aliphatic carbocycles. The fraction of sp³-hybridized carbons (Fsp3) is 0.250. The van der Waals surface area contributed by atoms with E-state index < -0.39 is 23.3 Å². The predicted octanol–water partition coefficient (Wildman–Crippen LogP) is 1.53. The molecule has 0 saturated carbocycles. The summed E-state index contributed by atoms with van der Waals surface area (Å²) < 4.78 is 4.95. The minimum Gasteiger partial charge on any atom is -0.478 e. The Morgan fingerprint density at radius 1 is 1.42 bits per heavy atom. The number of carboxylic acid groups (broad SMARTS) is 1. The summed E-state index contributed by atoms with van der Waals surface area (Å²) in [5.41, 5.74) is -0.767. The van der Waals surface area contributed by atoms with Gasteiger partial charge in [-0.2, -0.15) is 0 Å². The van der Waals surface area contributed by atoms with Crippen molar-refractivity contribution in [2.45, 2.75) is 12.3 Å². The summed E-state index contributed by atoms with van der Waals surface area (Å²) in [5.74, 6) is -2.36. The number of fused-ring (bicyclic) bond motifs is 1. The number of carbonyl (C=O) groups is 3. The van der Waals surface area contributed by atoms with Gasteiger partial charge in [0.25, 0.3) is 0 Å². The van der Waals surface area contributed by atoms with E-state index in [1.54, 1.807) is 0 Å². The first-order valence-electron chi connectivity index (χ1n) is 5.29. The number of nitrogens with one attached hydrogen (secondary N) is 1. The first-order valence-corrected chi connectivity index (χ1v) is 6.09. The zero-order valence-electron chi connectivity index (χ0n) is 10.1. The lowest BCUT2D eigenvalue weighted by Crippen LogP contribution is -2.40. The lowest BCUT2D eigenvalue weighted by Gasteiger charge is -2.19. The first-order chi connectivity index (χ1) is 8.82. The van der Waals surface area contributed by atoms with Crippen LogP contribution >= 0.6 is 15.9 Å². The molecule has 100 valence electrons. The molecule has 0 saturated heterocycles. The second-order valence-electron chi connectivity index (χ2n) is 4.25. The third kappa shape index (κ3) is 1.81. The number of hydrogen-bond donors (Lipinski definition) is 2. The van der Waals surface area contributed by atoms with Crippen LogP contribution in [0.15, 0.2) is 16.6 Å². The minimum absolute atomic E-state index is 0.00756. The van der Waals surface area contributed by atoms with E-state index in [4.69, 9.17) is 5.11 Å². The van der Waals surface area contributed by atoms with Crippen LogP contribution in [0.2, 0.25) is 0 Å². The van der Waals surface area contributed by atoms with Crippen LogP contribution in [0.3, 0.4) is 0 Å². The molecule has 6 nitrogen and oxygen atoms in total. The molecule has 0 fully saturated rings. The Kier molecular flexibility index (Phi) is 3.09. The number of hydrogen-bond acceptors (Lipinski definition) is 4. The maximum Gasteiger partial charge on any atom is 0.336 e. The average Bonchev–Trinajstić information content (AvgIpc) is 2.61. The van der Waals surface area contributed by atoms with Crippen molar-refractivity contribution in [2.75, 3.05) is 12.4 Å². The van der Waals surface area contributed by atoms with Gasteiger partial charge in [0.1, 0.15) is 0 Å². The monoisotopic (exact) mass is 327 g/mol. The van der Waals surface area contributed by atoms with Crippen molar-refractivity contribution in [3.8, 4) is 0 Å². The number of anilines is 1. The molecule has 1 unspecified atom stereocenters. The third-order valence-electron chi connectivity index (χ3n) is 3.17. The smallest absolute Gasteiger partial charge is 0.336 e. The highest BCUT2D eigenvalue weighted by Crippen LogP contribution is 2.41. The number of carbonyl (C=O) groups excluding carboxylic acids is 2. The zero-order chi connectivity index (χ0) is 14.4. The summed E-state index contributed by atoms with van der Waals surface area (Å²) in [6.07, 6.45) is 0. The lowest BCUT2D eigenvalue weighted by atomic mass is 9.83. The molecule has 1 amide bonds. The number of ether oxygens (including phenoxy) is 1. The first kappa shape index (κ1) is 13.5. The maximum atomic E-state index is 12.0. The number of aromatic carboxylic acids is 1. The summed E-state index contributed by atoms with van der Waals surface area (Å²) in [6, 6.07) is 2.77. The Morgan fingerprint density at radius 3 is 2.58 bits per heavy atom. The summed E-state index contributed by atoms with van der Waals surface area (Å²) in [5, 5.41) is 11.5. The molecule has 2 rings (SSSR count). The van der Waals surface area contributed by atoms with E-state index in [1.807, 2.05) is 0 Å². The number of benzene rings is 1. The van der Waals surface area contributed by atoms with Crippen LogP contribution in [-0.2, 0) is 19.7 Å². The van der Waals surface area contributed by atoms with Crippen molar-refractivity contribution < 1.29 is 24.2 Å². The Bertz CT molecular complexity index is 612. The SMILES string of the molecule is COC(=O)C1(C)C(=O)Nc2cc(C(=O)O)c(Br)cc21. The van der Waals surface area contributed by atoms with Crippen molar-refractivity contribution in [2.24, 2.45) is 0 Å².